The maximum Gasteiger partial charge on any atom is 0.111 e. The van der Waals surface area contributed by atoms with Crippen LogP contribution in [0.3, 0.4) is 0 Å². The molecule has 0 radical (unpaired) electrons. The molecule has 4 nitrogen and oxygen atoms in total. The van der Waals surface area contributed by atoms with E-state index in [2.05, 4.69) is 45.3 Å². The Kier molecular flexibility index (Phi) is 7.46. The van der Waals surface area contributed by atoms with E-state index in [0.717, 1.165) is 67.6 Å². The molecule has 12 atom stereocenters. The average Bonchev–Trinajstić information content (AvgIpc) is 3.30. The SMILES string of the molecule is CC[C@H](C)CN[C@H]1O[C@H]2CC3[C@@H]4CCC5CC(NCCCN)CC[C@]5(C)C4CC[C@]3(C)C2C1C. The first kappa shape index (κ1) is 25.5. The lowest BCUT2D eigenvalue weighted by Crippen LogP contribution is -2.55. The molecular weight excluding hydrogens is 418 g/mol. The molecule has 1 aliphatic heterocycles. The fourth-order valence-corrected chi connectivity index (χ4v) is 10.2. The Morgan fingerprint density at radius 3 is 2.56 bits per heavy atom. The van der Waals surface area contributed by atoms with Crippen molar-refractivity contribution in [2.24, 2.45) is 58.0 Å². The first-order chi connectivity index (χ1) is 16.3. The molecule has 4 aliphatic carbocycles. The number of nitrogens with two attached hydrogens (primary N) is 1. The highest BCUT2D eigenvalue weighted by molar-refractivity contribution is 5.14. The van der Waals surface area contributed by atoms with Crippen molar-refractivity contribution in [1.29, 1.82) is 0 Å². The number of hydrogen-bond donors (Lipinski definition) is 3. The standard InChI is InChI=1S/C30H55N3O/c1-6-19(2)18-33-28-20(3)27-26(34-28)17-25-23-9-8-21-16-22(32-15-7-14-31)10-12-29(21,4)24(23)11-13-30(25,27)5/h19-28,32-33H,6-18,31H2,1-5H3/t19-,20?,21?,22?,23+,24?,25?,26-,27?,28-,29-,30-/m0/s1. The lowest BCUT2D eigenvalue weighted by molar-refractivity contribution is -0.119. The number of hydrogen-bond acceptors (Lipinski definition) is 4. The first-order valence-electron chi connectivity index (χ1n) is 15.1. The van der Waals surface area contributed by atoms with Crippen LogP contribution in [0.2, 0.25) is 0 Å². The molecule has 5 aliphatic rings. The minimum atomic E-state index is 0.273. The molecular formula is C30H55N3O. The Morgan fingerprint density at radius 2 is 1.79 bits per heavy atom. The van der Waals surface area contributed by atoms with Crippen molar-refractivity contribution in [3.05, 3.63) is 0 Å². The van der Waals surface area contributed by atoms with Gasteiger partial charge in [-0.05, 0) is 117 Å². The molecule has 4 saturated carbocycles. The summed E-state index contributed by atoms with van der Waals surface area (Å²) in [6, 6.07) is 0.731. The second-order valence-electron chi connectivity index (χ2n) is 13.9. The number of ether oxygens (including phenoxy) is 1. The van der Waals surface area contributed by atoms with Gasteiger partial charge in [0.25, 0.3) is 0 Å². The fraction of sp³-hybridized carbons (Fsp3) is 1.00. The summed E-state index contributed by atoms with van der Waals surface area (Å²) < 4.78 is 6.79. The van der Waals surface area contributed by atoms with E-state index in [4.69, 9.17) is 10.5 Å². The van der Waals surface area contributed by atoms with E-state index >= 15 is 0 Å². The first-order valence-corrected chi connectivity index (χ1v) is 15.1. The molecule has 6 unspecified atom stereocenters. The van der Waals surface area contributed by atoms with Gasteiger partial charge in [-0.3, -0.25) is 5.32 Å². The van der Waals surface area contributed by atoms with Crippen LogP contribution in [0.1, 0.15) is 98.8 Å². The molecule has 0 amide bonds. The van der Waals surface area contributed by atoms with Gasteiger partial charge in [0.05, 0.1) is 6.10 Å². The molecule has 4 heteroatoms. The largest absolute Gasteiger partial charge is 0.360 e. The topological polar surface area (TPSA) is 59.3 Å². The molecule has 5 fully saturated rings. The van der Waals surface area contributed by atoms with E-state index in [9.17, 15) is 0 Å². The van der Waals surface area contributed by atoms with Gasteiger partial charge in [0.2, 0.25) is 0 Å². The van der Waals surface area contributed by atoms with Gasteiger partial charge in [-0.1, -0.05) is 41.0 Å². The minimum Gasteiger partial charge on any atom is -0.360 e. The maximum absolute atomic E-state index is 6.79. The second kappa shape index (κ2) is 9.95. The monoisotopic (exact) mass is 473 g/mol. The molecule has 0 aromatic rings. The maximum atomic E-state index is 6.79. The van der Waals surface area contributed by atoms with Crippen LogP contribution >= 0.6 is 0 Å². The highest BCUT2D eigenvalue weighted by Crippen LogP contribution is 2.69. The van der Waals surface area contributed by atoms with Crippen LogP contribution < -0.4 is 16.4 Å². The van der Waals surface area contributed by atoms with Gasteiger partial charge in [0.1, 0.15) is 6.23 Å². The zero-order valence-electron chi connectivity index (χ0n) is 23.0. The van der Waals surface area contributed by atoms with E-state index in [1.54, 1.807) is 0 Å². The van der Waals surface area contributed by atoms with Crippen LogP contribution in [-0.2, 0) is 4.74 Å². The molecule has 4 N–H and O–H groups in total. The van der Waals surface area contributed by atoms with Crippen LogP contribution in [0.5, 0.6) is 0 Å². The smallest absolute Gasteiger partial charge is 0.111 e. The molecule has 196 valence electrons. The average molecular weight is 474 g/mol. The summed E-state index contributed by atoms with van der Waals surface area (Å²) in [6.07, 6.45) is 14.5. The van der Waals surface area contributed by atoms with Gasteiger partial charge in [-0.15, -0.1) is 0 Å². The highest BCUT2D eigenvalue weighted by atomic mass is 16.5. The number of nitrogens with one attached hydrogen (secondary N) is 2. The van der Waals surface area contributed by atoms with Crippen LogP contribution in [-0.4, -0.2) is 38.0 Å². The summed E-state index contributed by atoms with van der Waals surface area (Å²) in [7, 11) is 0. The van der Waals surface area contributed by atoms with E-state index in [0.29, 0.717) is 22.9 Å². The predicted octanol–water partition coefficient (Wildman–Crippen LogP) is 5.56. The molecule has 0 spiro atoms. The fourth-order valence-electron chi connectivity index (χ4n) is 10.2. The van der Waals surface area contributed by atoms with Gasteiger partial charge in [-0.2, -0.15) is 0 Å². The van der Waals surface area contributed by atoms with Crippen LogP contribution in [0.4, 0.5) is 0 Å². The Morgan fingerprint density at radius 1 is 1.00 bits per heavy atom. The van der Waals surface area contributed by atoms with E-state index in [1.807, 2.05) is 0 Å². The molecule has 34 heavy (non-hydrogen) atoms. The highest BCUT2D eigenvalue weighted by Gasteiger charge is 2.65. The summed E-state index contributed by atoms with van der Waals surface area (Å²) in [5.41, 5.74) is 6.79. The number of rotatable bonds is 8. The van der Waals surface area contributed by atoms with Gasteiger partial charge in [-0.25, -0.2) is 0 Å². The van der Waals surface area contributed by atoms with Crippen LogP contribution in [0.15, 0.2) is 0 Å². The van der Waals surface area contributed by atoms with Crippen molar-refractivity contribution in [3.8, 4) is 0 Å². The van der Waals surface area contributed by atoms with Crippen molar-refractivity contribution in [3.63, 3.8) is 0 Å². The summed E-state index contributed by atoms with van der Waals surface area (Å²) in [6.45, 7) is 15.5. The summed E-state index contributed by atoms with van der Waals surface area (Å²) in [4.78, 5) is 0. The quantitative estimate of drug-likeness (QED) is 0.404. The van der Waals surface area contributed by atoms with Crippen molar-refractivity contribution in [2.75, 3.05) is 19.6 Å². The van der Waals surface area contributed by atoms with E-state index in [1.165, 1.54) is 57.8 Å². The Hall–Kier alpha value is -0.160. The lowest BCUT2D eigenvalue weighted by Gasteiger charge is -2.61. The van der Waals surface area contributed by atoms with Gasteiger partial charge >= 0.3 is 0 Å². The summed E-state index contributed by atoms with van der Waals surface area (Å²) in [5.74, 6) is 5.82. The van der Waals surface area contributed by atoms with Gasteiger partial charge in [0.15, 0.2) is 0 Å². The zero-order chi connectivity index (χ0) is 24.1. The van der Waals surface area contributed by atoms with E-state index < -0.39 is 0 Å². The van der Waals surface area contributed by atoms with Gasteiger partial charge in [0, 0.05) is 18.5 Å². The molecule has 5 rings (SSSR count). The van der Waals surface area contributed by atoms with Crippen LogP contribution in [0, 0.1) is 52.3 Å². The second-order valence-corrected chi connectivity index (χ2v) is 13.9. The molecule has 0 aromatic heterocycles. The van der Waals surface area contributed by atoms with Crippen molar-refractivity contribution < 1.29 is 4.74 Å². The third-order valence-corrected chi connectivity index (χ3v) is 12.3. The van der Waals surface area contributed by atoms with Crippen molar-refractivity contribution >= 4 is 0 Å². The van der Waals surface area contributed by atoms with Crippen LogP contribution in [0.25, 0.3) is 0 Å². The normalized spacial score (nSPS) is 50.8. The van der Waals surface area contributed by atoms with Gasteiger partial charge < -0.3 is 15.8 Å². The molecule has 1 heterocycles. The predicted molar refractivity (Wildman–Crippen MR) is 141 cm³/mol. The summed E-state index contributed by atoms with van der Waals surface area (Å²) >= 11 is 0. The Balaban J connectivity index is 1.25. The van der Waals surface area contributed by atoms with Crippen molar-refractivity contribution in [1.82, 2.24) is 10.6 Å². The third-order valence-electron chi connectivity index (χ3n) is 12.3. The third kappa shape index (κ3) is 4.21. The van der Waals surface area contributed by atoms with E-state index in [-0.39, 0.29) is 6.23 Å². The molecule has 0 bridgehead atoms. The number of fused-ring (bicyclic) bond motifs is 7. The molecule has 1 saturated heterocycles. The molecule has 0 aromatic carbocycles. The lowest BCUT2D eigenvalue weighted by atomic mass is 9.44. The zero-order valence-corrected chi connectivity index (χ0v) is 23.0. The van der Waals surface area contributed by atoms with Crippen molar-refractivity contribution in [2.45, 2.75) is 117 Å². The minimum absolute atomic E-state index is 0.273. The summed E-state index contributed by atoms with van der Waals surface area (Å²) in [5, 5.41) is 7.65. The Bertz CT molecular complexity index is 701. The Labute approximate surface area is 210 Å².